The van der Waals surface area contributed by atoms with Crippen LogP contribution in [0.4, 0.5) is 16.4 Å². The summed E-state index contributed by atoms with van der Waals surface area (Å²) < 4.78 is 19.1. The van der Waals surface area contributed by atoms with Crippen LogP contribution in [0.1, 0.15) is 45.5 Å². The number of fused-ring (bicyclic) bond motifs is 2. The van der Waals surface area contributed by atoms with Crippen LogP contribution < -0.4 is 25.0 Å². The van der Waals surface area contributed by atoms with Gasteiger partial charge in [0.2, 0.25) is 0 Å². The van der Waals surface area contributed by atoms with Crippen molar-refractivity contribution in [2.24, 2.45) is 5.92 Å². The van der Waals surface area contributed by atoms with Crippen LogP contribution in [0, 0.1) is 17.2 Å². The number of amides is 2. The number of nitriles is 1. The summed E-state index contributed by atoms with van der Waals surface area (Å²) in [6.45, 7) is 1.74. The van der Waals surface area contributed by atoms with Crippen molar-refractivity contribution in [3.8, 4) is 17.7 Å². The number of aromatic nitrogens is 5. The molecule has 2 aliphatic heterocycles. The van der Waals surface area contributed by atoms with E-state index >= 15 is 0 Å². The molecule has 3 aliphatic rings. The van der Waals surface area contributed by atoms with Crippen molar-refractivity contribution in [1.82, 2.24) is 30.3 Å². The third-order valence-corrected chi connectivity index (χ3v) is 10.8. The van der Waals surface area contributed by atoms with Crippen molar-refractivity contribution in [1.29, 1.82) is 5.26 Å². The van der Waals surface area contributed by atoms with Gasteiger partial charge < -0.3 is 24.8 Å². The van der Waals surface area contributed by atoms with Gasteiger partial charge in [0.25, 0.3) is 11.8 Å². The Balaban J connectivity index is 0.829. The molecule has 2 unspecified atom stereocenters. The van der Waals surface area contributed by atoms with Gasteiger partial charge in [0.15, 0.2) is 18.2 Å². The normalized spacial score (nSPS) is 17.1. The standard InChI is InChI=1S/C44H39N9O5/c45-22-31-21-37(56-27-35-25-53(51-50-35)44(32-10-4-1-5-11-32,33-12-6-2-7-13-33)34-14-8-3-9-15-34)20-30-18-29(19-38(30)31)23-46-17-16-36-26-52(43(55)58-36)39-24-47-42-41(48-39)49-40(54)28-57-42/h1-15,20-21,24-25,29,36,46H,16-19,23,26-28H2,(H,48,49,54). The number of hydrogen-bond acceptors (Lipinski definition) is 11. The molecule has 58 heavy (non-hydrogen) atoms. The molecule has 1 saturated heterocycles. The molecule has 6 aromatic rings. The molecule has 0 radical (unpaired) electrons. The van der Waals surface area contributed by atoms with Gasteiger partial charge >= 0.3 is 6.09 Å². The summed E-state index contributed by atoms with van der Waals surface area (Å²) in [5.74, 6) is 1.26. The smallest absolute Gasteiger partial charge is 0.415 e. The molecule has 4 heterocycles. The first kappa shape index (κ1) is 36.5. The number of carbonyl (C=O) groups is 2. The Hall–Kier alpha value is -7.11. The predicted molar refractivity (Wildman–Crippen MR) is 212 cm³/mol. The summed E-state index contributed by atoms with van der Waals surface area (Å²) in [7, 11) is 0. The van der Waals surface area contributed by atoms with Gasteiger partial charge in [-0.3, -0.25) is 9.69 Å². The van der Waals surface area contributed by atoms with E-state index in [1.165, 1.54) is 11.1 Å². The highest BCUT2D eigenvalue weighted by atomic mass is 16.6. The summed E-state index contributed by atoms with van der Waals surface area (Å²) >= 11 is 0. The lowest BCUT2D eigenvalue weighted by Gasteiger charge is -2.35. The first-order chi connectivity index (χ1) is 28.5. The van der Waals surface area contributed by atoms with Crippen LogP contribution in [0.15, 0.2) is 116 Å². The van der Waals surface area contributed by atoms with E-state index in [4.69, 9.17) is 19.4 Å². The second-order valence-electron chi connectivity index (χ2n) is 14.6. The highest BCUT2D eigenvalue weighted by molar-refractivity contribution is 5.94. The predicted octanol–water partition coefficient (Wildman–Crippen LogP) is 5.41. The van der Waals surface area contributed by atoms with E-state index in [9.17, 15) is 14.9 Å². The van der Waals surface area contributed by atoms with Gasteiger partial charge in [0.1, 0.15) is 29.7 Å². The molecule has 14 heteroatoms. The largest absolute Gasteiger partial charge is 0.487 e. The summed E-state index contributed by atoms with van der Waals surface area (Å²) in [6.07, 6.45) is 4.72. The van der Waals surface area contributed by atoms with Gasteiger partial charge in [-0.05, 0) is 78.2 Å². The number of nitrogens with zero attached hydrogens (tertiary/aromatic N) is 7. The number of ether oxygens (including phenoxy) is 3. The maximum Gasteiger partial charge on any atom is 0.415 e. The van der Waals surface area contributed by atoms with E-state index < -0.39 is 11.6 Å². The zero-order valence-electron chi connectivity index (χ0n) is 31.5. The van der Waals surface area contributed by atoms with Gasteiger partial charge in [-0.1, -0.05) is 96.2 Å². The fourth-order valence-corrected chi connectivity index (χ4v) is 8.16. The Bertz CT molecular complexity index is 2390. The second kappa shape index (κ2) is 15.8. The third-order valence-electron chi connectivity index (χ3n) is 10.8. The van der Waals surface area contributed by atoms with Gasteiger partial charge in [-0.25, -0.2) is 19.4 Å². The lowest BCUT2D eigenvalue weighted by atomic mass is 9.77. The molecule has 2 atom stereocenters. The third kappa shape index (κ3) is 7.08. The van der Waals surface area contributed by atoms with Crippen LogP contribution in [0.25, 0.3) is 0 Å². The molecular formula is C44H39N9O5. The molecule has 14 nitrogen and oxygen atoms in total. The van der Waals surface area contributed by atoms with Crippen molar-refractivity contribution >= 4 is 23.6 Å². The second-order valence-corrected chi connectivity index (χ2v) is 14.6. The minimum Gasteiger partial charge on any atom is -0.487 e. The van der Waals surface area contributed by atoms with Crippen LogP contribution in [0.3, 0.4) is 0 Å². The molecule has 9 rings (SSSR count). The van der Waals surface area contributed by atoms with Crippen molar-refractivity contribution in [2.45, 2.75) is 37.5 Å². The lowest BCUT2D eigenvalue weighted by molar-refractivity contribution is -0.118. The average Bonchev–Trinajstić information content (AvgIpc) is 4.01. The Morgan fingerprint density at radius 2 is 1.66 bits per heavy atom. The zero-order chi connectivity index (χ0) is 39.5. The number of carbonyl (C=O) groups excluding carboxylic acids is 2. The monoisotopic (exact) mass is 773 g/mol. The molecule has 2 N–H and O–H groups in total. The van der Waals surface area contributed by atoms with E-state index in [1.54, 1.807) is 0 Å². The molecule has 0 spiro atoms. The Kier molecular flexibility index (Phi) is 9.95. The van der Waals surface area contributed by atoms with Crippen LogP contribution >= 0.6 is 0 Å². The van der Waals surface area contributed by atoms with Crippen molar-refractivity contribution < 1.29 is 23.8 Å². The van der Waals surface area contributed by atoms with Gasteiger partial charge in [-0.15, -0.1) is 5.10 Å². The quantitative estimate of drug-likeness (QED) is 0.114. The molecule has 290 valence electrons. The maximum absolute atomic E-state index is 12.7. The van der Waals surface area contributed by atoms with E-state index in [2.05, 4.69) is 68.2 Å². The van der Waals surface area contributed by atoms with E-state index in [-0.39, 0.29) is 42.7 Å². The van der Waals surface area contributed by atoms with Crippen molar-refractivity contribution in [3.05, 3.63) is 155 Å². The average molecular weight is 774 g/mol. The fraction of sp³-hybridized carbons (Fsp3) is 0.250. The van der Waals surface area contributed by atoms with Crippen LogP contribution in [0.5, 0.6) is 11.6 Å². The number of cyclic esters (lactones) is 1. The summed E-state index contributed by atoms with van der Waals surface area (Å²) in [5, 5.41) is 25.5. The zero-order valence-corrected chi connectivity index (χ0v) is 31.5. The molecule has 0 saturated carbocycles. The fourth-order valence-electron chi connectivity index (χ4n) is 8.16. The van der Waals surface area contributed by atoms with Crippen LogP contribution in [-0.4, -0.2) is 69.3 Å². The number of nitrogens with one attached hydrogen (secondary N) is 2. The van der Waals surface area contributed by atoms with Crippen LogP contribution in [-0.2, 0) is 34.5 Å². The lowest BCUT2D eigenvalue weighted by Crippen LogP contribution is -2.38. The van der Waals surface area contributed by atoms with Crippen LogP contribution in [0.2, 0.25) is 0 Å². The number of hydrogen-bond donors (Lipinski definition) is 2. The first-order valence-electron chi connectivity index (χ1n) is 19.2. The summed E-state index contributed by atoms with van der Waals surface area (Å²) in [4.78, 5) is 34.3. The maximum atomic E-state index is 12.7. The summed E-state index contributed by atoms with van der Waals surface area (Å²) in [5.41, 5.74) is 5.79. The SMILES string of the molecule is N#Cc1cc(OCc2cn(C(c3ccccc3)(c3ccccc3)c3ccccc3)nn2)cc2c1CC(CNCCC1CN(c3cnc4c(n3)NC(=O)CO4)C(=O)O1)C2. The molecule has 1 fully saturated rings. The highest BCUT2D eigenvalue weighted by Crippen LogP contribution is 2.40. The topological polar surface area (TPSA) is 169 Å². The number of anilines is 2. The Morgan fingerprint density at radius 1 is 0.948 bits per heavy atom. The molecule has 4 aromatic carbocycles. The van der Waals surface area contributed by atoms with E-state index in [0.29, 0.717) is 42.4 Å². The molecule has 1 aliphatic carbocycles. The van der Waals surface area contributed by atoms with E-state index in [1.807, 2.05) is 77.6 Å². The Morgan fingerprint density at radius 3 is 2.34 bits per heavy atom. The molecular weight excluding hydrogens is 735 g/mol. The van der Waals surface area contributed by atoms with E-state index in [0.717, 1.165) is 47.2 Å². The van der Waals surface area contributed by atoms with Crippen molar-refractivity contribution in [2.75, 3.05) is 36.5 Å². The van der Waals surface area contributed by atoms with Gasteiger partial charge in [0, 0.05) is 0 Å². The first-order valence-corrected chi connectivity index (χ1v) is 19.2. The summed E-state index contributed by atoms with van der Waals surface area (Å²) in [6, 6.07) is 37.2. The molecule has 0 bridgehead atoms. The van der Waals surface area contributed by atoms with Crippen molar-refractivity contribution in [3.63, 3.8) is 0 Å². The van der Waals surface area contributed by atoms with Gasteiger partial charge in [0.05, 0.1) is 30.6 Å². The minimum atomic E-state index is -0.782. The molecule has 2 amide bonds. The highest BCUT2D eigenvalue weighted by Gasteiger charge is 2.40. The minimum absolute atomic E-state index is 0.127. The van der Waals surface area contributed by atoms with Gasteiger partial charge in [-0.2, -0.15) is 5.26 Å². The number of rotatable bonds is 13. The Labute approximate surface area is 334 Å². The molecule has 2 aromatic heterocycles. The number of benzene rings is 4.